The summed E-state index contributed by atoms with van der Waals surface area (Å²) in [6, 6.07) is 5.21. The van der Waals surface area contributed by atoms with Crippen LogP contribution in [0.2, 0.25) is 0 Å². The van der Waals surface area contributed by atoms with E-state index in [-0.39, 0.29) is 30.3 Å². The van der Waals surface area contributed by atoms with E-state index in [9.17, 15) is 19.5 Å². The number of amides is 2. The highest BCUT2D eigenvalue weighted by Gasteiger charge is 2.39. The van der Waals surface area contributed by atoms with Gasteiger partial charge in [0.1, 0.15) is 5.75 Å². The van der Waals surface area contributed by atoms with Gasteiger partial charge in [-0.15, -0.1) is 0 Å². The Morgan fingerprint density at radius 1 is 1.14 bits per heavy atom. The van der Waals surface area contributed by atoms with Gasteiger partial charge in [-0.25, -0.2) is 0 Å². The molecule has 0 bridgehead atoms. The van der Waals surface area contributed by atoms with Gasteiger partial charge in [-0.2, -0.15) is 0 Å². The monoisotopic (exact) mass is 386 g/mol. The van der Waals surface area contributed by atoms with Crippen LogP contribution < -0.4 is 9.64 Å². The molecule has 28 heavy (non-hydrogen) atoms. The van der Waals surface area contributed by atoms with Crippen LogP contribution in [0.25, 0.3) is 0 Å². The summed E-state index contributed by atoms with van der Waals surface area (Å²) in [5.41, 5.74) is 1.17. The number of nitrogens with zero attached hydrogens (tertiary/aromatic N) is 2. The highest BCUT2D eigenvalue weighted by atomic mass is 16.5. The molecule has 0 aromatic heterocycles. The van der Waals surface area contributed by atoms with Crippen molar-refractivity contribution in [2.75, 3.05) is 31.6 Å². The fourth-order valence-corrected chi connectivity index (χ4v) is 4.98. The molecule has 150 valence electrons. The van der Waals surface area contributed by atoms with Crippen LogP contribution in [0.5, 0.6) is 5.75 Å². The van der Waals surface area contributed by atoms with Crippen molar-refractivity contribution in [1.29, 1.82) is 0 Å². The first-order valence-corrected chi connectivity index (χ1v) is 10.0. The third kappa shape index (κ3) is 3.34. The number of fused-ring (bicyclic) bond motifs is 1. The van der Waals surface area contributed by atoms with Gasteiger partial charge < -0.3 is 19.6 Å². The molecule has 2 aliphatic heterocycles. The normalized spacial score (nSPS) is 25.4. The summed E-state index contributed by atoms with van der Waals surface area (Å²) in [5, 5.41) is 9.44. The Bertz CT molecular complexity index is 800. The molecule has 3 aliphatic rings. The zero-order chi connectivity index (χ0) is 19.8. The summed E-state index contributed by atoms with van der Waals surface area (Å²) in [4.78, 5) is 39.6. The SMILES string of the molecule is CN1C(=O)COc2ccc(C(=O)N3CCC(C4CCCC4C(=O)O)CC3)cc21. The number of benzene rings is 1. The van der Waals surface area contributed by atoms with E-state index in [1.807, 2.05) is 4.90 Å². The molecular weight excluding hydrogens is 360 g/mol. The van der Waals surface area contributed by atoms with E-state index in [0.29, 0.717) is 36.0 Å². The lowest BCUT2D eigenvalue weighted by molar-refractivity contribution is -0.143. The minimum Gasteiger partial charge on any atom is -0.482 e. The number of likely N-dealkylation sites (tertiary alicyclic amines) is 1. The van der Waals surface area contributed by atoms with E-state index in [1.165, 1.54) is 4.90 Å². The topological polar surface area (TPSA) is 87.2 Å². The number of anilines is 1. The van der Waals surface area contributed by atoms with E-state index in [1.54, 1.807) is 25.2 Å². The predicted octanol–water partition coefficient (Wildman–Crippen LogP) is 2.39. The number of piperidine rings is 1. The van der Waals surface area contributed by atoms with Gasteiger partial charge in [0.05, 0.1) is 11.6 Å². The van der Waals surface area contributed by atoms with E-state index in [4.69, 9.17) is 4.74 Å². The number of hydrogen-bond acceptors (Lipinski definition) is 4. The second-order valence-electron chi connectivity index (χ2n) is 8.09. The van der Waals surface area contributed by atoms with Gasteiger partial charge >= 0.3 is 5.97 Å². The molecule has 1 saturated heterocycles. The molecule has 1 aromatic carbocycles. The maximum absolute atomic E-state index is 13.0. The van der Waals surface area contributed by atoms with Gasteiger partial charge in [0.15, 0.2) is 6.61 Å². The van der Waals surface area contributed by atoms with Gasteiger partial charge in [0, 0.05) is 25.7 Å². The van der Waals surface area contributed by atoms with E-state index < -0.39 is 5.97 Å². The van der Waals surface area contributed by atoms with Crippen LogP contribution in [-0.4, -0.2) is 54.5 Å². The van der Waals surface area contributed by atoms with Crippen LogP contribution in [-0.2, 0) is 9.59 Å². The number of carbonyl (C=O) groups excluding carboxylic acids is 2. The molecule has 0 spiro atoms. The molecular formula is C21H26N2O5. The zero-order valence-corrected chi connectivity index (χ0v) is 16.1. The number of rotatable bonds is 3. The third-order valence-corrected chi connectivity index (χ3v) is 6.61. The summed E-state index contributed by atoms with van der Waals surface area (Å²) < 4.78 is 5.42. The second kappa shape index (κ2) is 7.45. The minimum atomic E-state index is -0.670. The van der Waals surface area contributed by atoms with Gasteiger partial charge in [-0.1, -0.05) is 6.42 Å². The van der Waals surface area contributed by atoms with Crippen molar-refractivity contribution in [2.45, 2.75) is 32.1 Å². The number of hydrogen-bond donors (Lipinski definition) is 1. The first-order valence-electron chi connectivity index (χ1n) is 10.0. The standard InChI is InChI=1S/C21H26N2O5/c1-22-17-11-14(5-6-18(17)28-12-19(22)24)20(25)23-9-7-13(8-10-23)15-3-2-4-16(15)21(26)27/h5-6,11,13,15-16H,2-4,7-10,12H2,1H3,(H,26,27). The van der Waals surface area contributed by atoms with E-state index in [0.717, 1.165) is 32.1 Å². The van der Waals surface area contributed by atoms with Crippen LogP contribution >= 0.6 is 0 Å². The lowest BCUT2D eigenvalue weighted by atomic mass is 9.78. The molecule has 1 N–H and O–H groups in total. The summed E-state index contributed by atoms with van der Waals surface area (Å²) in [5.74, 6) is 0.162. The lowest BCUT2D eigenvalue weighted by Crippen LogP contribution is -2.41. The average molecular weight is 386 g/mol. The lowest BCUT2D eigenvalue weighted by Gasteiger charge is -2.36. The Labute approximate surface area is 164 Å². The van der Waals surface area contributed by atoms with Crippen LogP contribution in [0.3, 0.4) is 0 Å². The van der Waals surface area contributed by atoms with Crippen molar-refractivity contribution in [1.82, 2.24) is 4.90 Å². The Balaban J connectivity index is 1.42. The van der Waals surface area contributed by atoms with Crippen LogP contribution in [0.1, 0.15) is 42.5 Å². The number of ether oxygens (including phenoxy) is 1. The van der Waals surface area contributed by atoms with Crippen molar-refractivity contribution in [3.63, 3.8) is 0 Å². The van der Waals surface area contributed by atoms with Gasteiger partial charge in [0.25, 0.3) is 11.8 Å². The van der Waals surface area contributed by atoms with Gasteiger partial charge in [0.2, 0.25) is 0 Å². The summed E-state index contributed by atoms with van der Waals surface area (Å²) in [7, 11) is 1.68. The molecule has 4 rings (SSSR count). The van der Waals surface area contributed by atoms with Crippen LogP contribution in [0.4, 0.5) is 5.69 Å². The number of carboxylic acids is 1. The molecule has 2 amide bonds. The number of carbonyl (C=O) groups is 3. The number of aliphatic carboxylic acids is 1. The molecule has 2 unspecified atom stereocenters. The first kappa shape index (κ1) is 18.8. The minimum absolute atomic E-state index is 0.0167. The third-order valence-electron chi connectivity index (χ3n) is 6.61. The second-order valence-corrected chi connectivity index (χ2v) is 8.09. The van der Waals surface area contributed by atoms with Crippen molar-refractivity contribution in [2.24, 2.45) is 17.8 Å². The molecule has 1 aliphatic carbocycles. The maximum Gasteiger partial charge on any atom is 0.306 e. The Kier molecular flexibility index (Phi) is 5.00. The van der Waals surface area contributed by atoms with Crippen LogP contribution in [0.15, 0.2) is 18.2 Å². The van der Waals surface area contributed by atoms with Crippen LogP contribution in [0, 0.1) is 17.8 Å². The van der Waals surface area contributed by atoms with Crippen molar-refractivity contribution in [3.8, 4) is 5.75 Å². The maximum atomic E-state index is 13.0. The van der Waals surface area contributed by atoms with Gasteiger partial charge in [-0.05, 0) is 55.7 Å². The fraction of sp³-hybridized carbons (Fsp3) is 0.571. The highest BCUT2D eigenvalue weighted by molar-refractivity contribution is 6.01. The van der Waals surface area contributed by atoms with Gasteiger partial charge in [-0.3, -0.25) is 14.4 Å². The molecule has 7 nitrogen and oxygen atoms in total. The highest BCUT2D eigenvalue weighted by Crippen LogP contribution is 2.41. The summed E-state index contributed by atoms with van der Waals surface area (Å²) in [6.45, 7) is 1.31. The molecule has 0 radical (unpaired) electrons. The molecule has 7 heteroatoms. The van der Waals surface area contributed by atoms with Crippen molar-refractivity contribution < 1.29 is 24.2 Å². The Hall–Kier alpha value is -2.57. The Morgan fingerprint density at radius 3 is 2.61 bits per heavy atom. The predicted molar refractivity (Wildman–Crippen MR) is 102 cm³/mol. The number of likely N-dealkylation sites (N-methyl/N-ethyl adjacent to an activating group) is 1. The quantitative estimate of drug-likeness (QED) is 0.862. The fourth-order valence-electron chi connectivity index (χ4n) is 4.98. The molecule has 2 heterocycles. The smallest absolute Gasteiger partial charge is 0.306 e. The summed E-state index contributed by atoms with van der Waals surface area (Å²) >= 11 is 0. The van der Waals surface area contributed by atoms with E-state index in [2.05, 4.69) is 0 Å². The molecule has 1 aromatic rings. The molecule has 1 saturated carbocycles. The van der Waals surface area contributed by atoms with Crippen molar-refractivity contribution >= 4 is 23.5 Å². The average Bonchev–Trinajstić information content (AvgIpc) is 3.20. The first-order chi connectivity index (χ1) is 13.5. The largest absolute Gasteiger partial charge is 0.482 e. The van der Waals surface area contributed by atoms with Crippen molar-refractivity contribution in [3.05, 3.63) is 23.8 Å². The molecule has 2 atom stereocenters. The summed E-state index contributed by atoms with van der Waals surface area (Å²) in [6.07, 6.45) is 4.47. The molecule has 2 fully saturated rings. The van der Waals surface area contributed by atoms with E-state index >= 15 is 0 Å². The Morgan fingerprint density at radius 2 is 1.89 bits per heavy atom. The zero-order valence-electron chi connectivity index (χ0n) is 16.1. The number of carboxylic acid groups (broad SMARTS) is 1.